The average Bonchev–Trinajstić information content (AvgIpc) is 3.16. The molecule has 1 aromatic heterocycles. The van der Waals surface area contributed by atoms with Gasteiger partial charge < -0.3 is 10.2 Å². The first-order valence-electron chi connectivity index (χ1n) is 7.56. The normalized spacial score (nSPS) is 18.1. The van der Waals surface area contributed by atoms with E-state index in [9.17, 15) is 8.42 Å². The highest BCUT2D eigenvalue weighted by molar-refractivity contribution is 7.91. The maximum Gasteiger partial charge on any atom is 0.249 e. The monoisotopic (exact) mass is 386 g/mol. The van der Waals surface area contributed by atoms with Crippen LogP contribution in [0, 0.1) is 12.8 Å². The Labute approximate surface area is 150 Å². The lowest BCUT2D eigenvalue weighted by Gasteiger charge is -2.21. The van der Waals surface area contributed by atoms with Gasteiger partial charge in [-0.1, -0.05) is 29.0 Å². The van der Waals surface area contributed by atoms with E-state index in [2.05, 4.69) is 22.1 Å². The van der Waals surface area contributed by atoms with Crippen LogP contribution in [-0.2, 0) is 10.0 Å². The topological polar surface area (TPSA) is 88.3 Å². The molecule has 1 saturated heterocycles. The van der Waals surface area contributed by atoms with Gasteiger partial charge in [-0.2, -0.15) is 0 Å². The molecule has 0 spiro atoms. The molecule has 2 heterocycles. The lowest BCUT2D eigenvalue weighted by Crippen LogP contribution is -2.23. The summed E-state index contributed by atoms with van der Waals surface area (Å²) in [5, 5.41) is 9.63. The van der Waals surface area contributed by atoms with Gasteiger partial charge in [-0.05, 0) is 37.0 Å². The van der Waals surface area contributed by atoms with Gasteiger partial charge in [0.2, 0.25) is 10.0 Å². The first-order chi connectivity index (χ1) is 11.3. The second-order valence-corrected chi connectivity index (χ2v) is 9.20. The van der Waals surface area contributed by atoms with Crippen LogP contribution in [-0.4, -0.2) is 33.0 Å². The predicted molar refractivity (Wildman–Crippen MR) is 98.5 cm³/mol. The molecule has 1 aromatic carbocycles. The molecule has 0 saturated carbocycles. The van der Waals surface area contributed by atoms with Crippen LogP contribution in [0.1, 0.15) is 12.0 Å². The van der Waals surface area contributed by atoms with Crippen molar-refractivity contribution in [1.29, 1.82) is 0 Å². The molecule has 1 unspecified atom stereocenters. The van der Waals surface area contributed by atoms with E-state index in [1.165, 1.54) is 17.4 Å². The Morgan fingerprint density at radius 3 is 3.00 bits per heavy atom. The number of benzene rings is 1. The van der Waals surface area contributed by atoms with Crippen molar-refractivity contribution in [3.8, 4) is 0 Å². The molecular formula is C15H19ClN4O2S2. The number of aryl methyl sites for hydroxylation is 1. The Balaban J connectivity index is 1.59. The summed E-state index contributed by atoms with van der Waals surface area (Å²) in [6, 6.07) is 5.94. The van der Waals surface area contributed by atoms with Crippen LogP contribution in [0.25, 0.3) is 0 Å². The molecule has 1 aliphatic heterocycles. The zero-order valence-corrected chi connectivity index (χ0v) is 15.6. The molecule has 1 atom stereocenters. The van der Waals surface area contributed by atoms with Crippen molar-refractivity contribution in [2.75, 3.05) is 29.9 Å². The number of nitrogens with two attached hydrogens (primary N) is 1. The van der Waals surface area contributed by atoms with Gasteiger partial charge in [0.1, 0.15) is 0 Å². The number of halogens is 1. The van der Waals surface area contributed by atoms with E-state index in [1.54, 1.807) is 0 Å². The molecule has 3 N–H and O–H groups in total. The second kappa shape index (κ2) is 6.87. The molecule has 9 heteroatoms. The minimum atomic E-state index is -3.68. The summed E-state index contributed by atoms with van der Waals surface area (Å²) in [4.78, 5) is 6.40. The van der Waals surface area contributed by atoms with Crippen LogP contribution < -0.4 is 15.4 Å². The summed E-state index contributed by atoms with van der Waals surface area (Å²) in [5.74, 6) is 0.463. The maximum absolute atomic E-state index is 11.3. The van der Waals surface area contributed by atoms with Crippen molar-refractivity contribution in [2.45, 2.75) is 17.6 Å². The van der Waals surface area contributed by atoms with Crippen molar-refractivity contribution >= 4 is 43.8 Å². The van der Waals surface area contributed by atoms with Crippen molar-refractivity contribution in [2.24, 2.45) is 11.1 Å². The Morgan fingerprint density at radius 1 is 1.50 bits per heavy atom. The van der Waals surface area contributed by atoms with Crippen molar-refractivity contribution in [3.63, 3.8) is 0 Å². The predicted octanol–water partition coefficient (Wildman–Crippen LogP) is 2.69. The van der Waals surface area contributed by atoms with Crippen molar-refractivity contribution in [3.05, 3.63) is 35.0 Å². The van der Waals surface area contributed by atoms with Gasteiger partial charge in [0.15, 0.2) is 9.34 Å². The van der Waals surface area contributed by atoms with Crippen molar-refractivity contribution < 1.29 is 8.42 Å². The van der Waals surface area contributed by atoms with Gasteiger partial charge in [-0.3, -0.25) is 0 Å². The summed E-state index contributed by atoms with van der Waals surface area (Å²) < 4.78 is 22.6. The number of nitrogens with one attached hydrogen (secondary N) is 1. The fourth-order valence-corrected chi connectivity index (χ4v) is 4.47. The zero-order valence-electron chi connectivity index (χ0n) is 13.2. The minimum Gasteiger partial charge on any atom is -0.371 e. The third-order valence-electron chi connectivity index (χ3n) is 4.10. The highest BCUT2D eigenvalue weighted by atomic mass is 35.5. The average molecular weight is 387 g/mol. The van der Waals surface area contributed by atoms with Gasteiger partial charge >= 0.3 is 0 Å². The van der Waals surface area contributed by atoms with E-state index < -0.39 is 10.0 Å². The third kappa shape index (κ3) is 4.00. The quantitative estimate of drug-likeness (QED) is 0.824. The van der Waals surface area contributed by atoms with Gasteiger partial charge in [0.05, 0.1) is 6.20 Å². The van der Waals surface area contributed by atoms with E-state index in [4.69, 9.17) is 16.7 Å². The summed E-state index contributed by atoms with van der Waals surface area (Å²) in [7, 11) is -3.68. The first kappa shape index (κ1) is 17.5. The molecule has 0 aliphatic carbocycles. The van der Waals surface area contributed by atoms with E-state index in [0.717, 1.165) is 42.4 Å². The number of nitrogens with zero attached hydrogens (tertiary/aromatic N) is 2. The number of aromatic nitrogens is 1. The molecule has 0 bridgehead atoms. The summed E-state index contributed by atoms with van der Waals surface area (Å²) >= 11 is 7.17. The molecule has 2 aromatic rings. The van der Waals surface area contributed by atoms with Gasteiger partial charge in [-0.25, -0.2) is 18.5 Å². The summed E-state index contributed by atoms with van der Waals surface area (Å²) in [5.41, 5.74) is 2.39. The number of primary sulfonamides is 1. The number of rotatable bonds is 5. The minimum absolute atomic E-state index is 0.0765. The molecule has 0 amide bonds. The van der Waals surface area contributed by atoms with E-state index in [-0.39, 0.29) is 4.21 Å². The highest BCUT2D eigenvalue weighted by Crippen LogP contribution is 2.30. The molecular weight excluding hydrogens is 368 g/mol. The first-order valence-corrected chi connectivity index (χ1v) is 10.3. The standard InChI is InChI=1S/C15H19ClN4O2S2/c1-10-2-3-12(16)6-13(10)20-5-4-11(9-20)7-18-15-19-8-14(23-15)24(17,21)22/h2-3,6,8,11H,4-5,7,9H2,1H3,(H,18,19)(H2,17,21,22). The molecule has 1 fully saturated rings. The highest BCUT2D eigenvalue weighted by Gasteiger charge is 2.24. The Hall–Kier alpha value is -1.35. The van der Waals surface area contributed by atoms with E-state index in [1.807, 2.05) is 18.2 Å². The number of hydrogen-bond acceptors (Lipinski definition) is 6. The van der Waals surface area contributed by atoms with Crippen LogP contribution in [0.15, 0.2) is 28.6 Å². The number of hydrogen-bond donors (Lipinski definition) is 2. The maximum atomic E-state index is 11.3. The molecule has 6 nitrogen and oxygen atoms in total. The smallest absolute Gasteiger partial charge is 0.249 e. The van der Waals surface area contributed by atoms with Gasteiger partial charge in [0, 0.05) is 30.3 Å². The van der Waals surface area contributed by atoms with E-state index >= 15 is 0 Å². The van der Waals surface area contributed by atoms with Gasteiger partial charge in [-0.15, -0.1) is 0 Å². The largest absolute Gasteiger partial charge is 0.371 e. The zero-order chi connectivity index (χ0) is 17.3. The molecule has 3 rings (SSSR count). The summed E-state index contributed by atoms with van der Waals surface area (Å²) in [6.45, 7) is 4.74. The molecule has 1 aliphatic rings. The van der Waals surface area contributed by atoms with Crippen LogP contribution >= 0.6 is 22.9 Å². The molecule has 24 heavy (non-hydrogen) atoms. The number of anilines is 2. The molecule has 0 radical (unpaired) electrons. The Kier molecular flexibility index (Phi) is 5.00. The number of thiazole rings is 1. The third-order valence-corrected chi connectivity index (χ3v) is 6.70. The van der Waals surface area contributed by atoms with Gasteiger partial charge in [0.25, 0.3) is 0 Å². The Bertz CT molecular complexity index is 838. The van der Waals surface area contributed by atoms with Crippen molar-refractivity contribution in [1.82, 2.24) is 4.98 Å². The molecule has 130 valence electrons. The SMILES string of the molecule is Cc1ccc(Cl)cc1N1CCC(CNc2ncc(S(N)(=O)=O)s2)C1. The lowest BCUT2D eigenvalue weighted by atomic mass is 10.1. The van der Waals surface area contributed by atoms with E-state index in [0.29, 0.717) is 11.0 Å². The Morgan fingerprint density at radius 2 is 2.29 bits per heavy atom. The van der Waals surface area contributed by atoms with Crippen LogP contribution in [0.4, 0.5) is 10.8 Å². The van der Waals surface area contributed by atoms with Crippen LogP contribution in [0.5, 0.6) is 0 Å². The summed E-state index contributed by atoms with van der Waals surface area (Å²) in [6.07, 6.45) is 2.35. The van der Waals surface area contributed by atoms with Crippen LogP contribution in [0.2, 0.25) is 5.02 Å². The fraction of sp³-hybridized carbons (Fsp3) is 0.400. The second-order valence-electron chi connectivity index (χ2n) is 5.94. The fourth-order valence-electron chi connectivity index (χ4n) is 2.85. The lowest BCUT2D eigenvalue weighted by molar-refractivity contribution is 0.599. The van der Waals surface area contributed by atoms with Crippen LogP contribution in [0.3, 0.4) is 0 Å². The number of sulfonamides is 1.